The Morgan fingerprint density at radius 2 is 1.72 bits per heavy atom. The van der Waals surface area contributed by atoms with Gasteiger partial charge in [-0.15, -0.1) is 0 Å². The van der Waals surface area contributed by atoms with E-state index in [0.717, 1.165) is 13.1 Å². The number of amides is 1. The fourth-order valence-corrected chi connectivity index (χ4v) is 2.98. The van der Waals surface area contributed by atoms with E-state index in [2.05, 4.69) is 24.1 Å². The molecular weight excluding hydrogens is 415 g/mol. The van der Waals surface area contributed by atoms with Crippen LogP contribution in [0.1, 0.15) is 24.2 Å². The van der Waals surface area contributed by atoms with E-state index >= 15 is 0 Å². The first kappa shape index (κ1) is 23.0. The summed E-state index contributed by atoms with van der Waals surface area (Å²) in [5.74, 6) is -0.379. The van der Waals surface area contributed by atoms with Gasteiger partial charge in [0.1, 0.15) is 12.4 Å². The summed E-state index contributed by atoms with van der Waals surface area (Å²) in [4.78, 5) is 26.3. The highest BCUT2D eigenvalue weighted by atomic mass is 35.5. The van der Waals surface area contributed by atoms with E-state index < -0.39 is 5.97 Å². The maximum Gasteiger partial charge on any atom is 0.338 e. The highest BCUT2D eigenvalue weighted by Crippen LogP contribution is 2.27. The maximum atomic E-state index is 12.1. The third-order valence-electron chi connectivity index (χ3n) is 4.19. The van der Waals surface area contributed by atoms with Crippen LogP contribution in [-0.2, 0) is 9.53 Å². The fraction of sp³-hybridized carbons (Fsp3) is 0.333. The minimum atomic E-state index is -0.393. The topological polar surface area (TPSA) is 67.9 Å². The van der Waals surface area contributed by atoms with Crippen molar-refractivity contribution in [2.45, 2.75) is 13.8 Å². The number of ether oxygens (including phenoxy) is 2. The van der Waals surface area contributed by atoms with Crippen LogP contribution in [0.3, 0.4) is 0 Å². The third kappa shape index (κ3) is 7.57. The van der Waals surface area contributed by atoms with Crippen LogP contribution in [0.4, 0.5) is 5.69 Å². The van der Waals surface area contributed by atoms with E-state index in [9.17, 15) is 9.59 Å². The number of hydrogen-bond acceptors (Lipinski definition) is 5. The Hall–Kier alpha value is -2.28. The van der Waals surface area contributed by atoms with E-state index in [-0.39, 0.29) is 12.5 Å². The Balaban J connectivity index is 1.80. The molecule has 2 aromatic carbocycles. The van der Waals surface area contributed by atoms with Crippen molar-refractivity contribution in [1.82, 2.24) is 4.90 Å². The summed E-state index contributed by atoms with van der Waals surface area (Å²) in [7, 11) is 0. The summed E-state index contributed by atoms with van der Waals surface area (Å²) in [6.07, 6.45) is 0. The Labute approximate surface area is 180 Å². The summed E-state index contributed by atoms with van der Waals surface area (Å²) in [5, 5.41) is 3.50. The van der Waals surface area contributed by atoms with Crippen molar-refractivity contribution in [2.24, 2.45) is 0 Å². The molecule has 156 valence electrons. The number of anilines is 1. The van der Waals surface area contributed by atoms with E-state index in [4.69, 9.17) is 32.7 Å². The van der Waals surface area contributed by atoms with Crippen molar-refractivity contribution in [1.29, 1.82) is 0 Å². The highest BCUT2D eigenvalue weighted by molar-refractivity contribution is 6.35. The molecule has 1 amide bonds. The lowest BCUT2D eigenvalue weighted by Crippen LogP contribution is -2.27. The molecule has 2 aromatic rings. The van der Waals surface area contributed by atoms with Gasteiger partial charge in [-0.2, -0.15) is 0 Å². The maximum absolute atomic E-state index is 12.1. The van der Waals surface area contributed by atoms with E-state index in [1.807, 2.05) is 0 Å². The Kier molecular flexibility index (Phi) is 9.25. The van der Waals surface area contributed by atoms with Gasteiger partial charge in [0.2, 0.25) is 0 Å². The molecule has 0 saturated carbocycles. The largest absolute Gasteiger partial charge is 0.482 e. The van der Waals surface area contributed by atoms with Crippen LogP contribution in [0.5, 0.6) is 5.75 Å². The number of likely N-dealkylation sites (N-methyl/N-ethyl adjacent to an activating group) is 1. The molecule has 0 heterocycles. The first-order chi connectivity index (χ1) is 13.9. The summed E-state index contributed by atoms with van der Waals surface area (Å²) in [5.41, 5.74) is 0.965. The fourth-order valence-electron chi connectivity index (χ4n) is 2.51. The first-order valence-corrected chi connectivity index (χ1v) is 10.1. The molecule has 0 aromatic heterocycles. The van der Waals surface area contributed by atoms with Gasteiger partial charge in [0.05, 0.1) is 10.6 Å². The predicted octanol–water partition coefficient (Wildman–Crippen LogP) is 4.51. The number of carbonyl (C=O) groups excluding carboxylic acids is 2. The van der Waals surface area contributed by atoms with Gasteiger partial charge >= 0.3 is 5.97 Å². The molecule has 29 heavy (non-hydrogen) atoms. The Morgan fingerprint density at radius 1 is 1.03 bits per heavy atom. The molecule has 0 bridgehead atoms. The van der Waals surface area contributed by atoms with E-state index in [1.165, 1.54) is 6.07 Å². The molecule has 2 rings (SSSR count). The zero-order valence-corrected chi connectivity index (χ0v) is 17.9. The number of halogens is 2. The van der Waals surface area contributed by atoms with Gasteiger partial charge in [-0.3, -0.25) is 4.79 Å². The number of nitrogens with zero attached hydrogens (tertiary/aromatic N) is 1. The number of nitrogens with one attached hydrogen (secondary N) is 1. The van der Waals surface area contributed by atoms with Crippen LogP contribution in [0.15, 0.2) is 42.5 Å². The predicted molar refractivity (Wildman–Crippen MR) is 115 cm³/mol. The first-order valence-electron chi connectivity index (χ1n) is 9.30. The minimum Gasteiger partial charge on any atom is -0.482 e. The van der Waals surface area contributed by atoms with Crippen molar-refractivity contribution in [3.63, 3.8) is 0 Å². The van der Waals surface area contributed by atoms with Crippen molar-refractivity contribution < 1.29 is 19.1 Å². The molecular formula is C21H24Cl2N2O4. The van der Waals surface area contributed by atoms with Crippen molar-refractivity contribution >= 4 is 40.8 Å². The Morgan fingerprint density at radius 3 is 2.34 bits per heavy atom. The van der Waals surface area contributed by atoms with Gasteiger partial charge in [0, 0.05) is 17.3 Å². The number of benzene rings is 2. The third-order valence-corrected chi connectivity index (χ3v) is 4.72. The van der Waals surface area contributed by atoms with Crippen LogP contribution >= 0.6 is 23.2 Å². The van der Waals surface area contributed by atoms with Crippen molar-refractivity contribution in [2.75, 3.05) is 38.2 Å². The van der Waals surface area contributed by atoms with Crippen LogP contribution in [0.2, 0.25) is 10.0 Å². The lowest BCUT2D eigenvalue weighted by atomic mass is 10.2. The molecule has 0 saturated heterocycles. The average Bonchev–Trinajstić information content (AvgIpc) is 2.71. The minimum absolute atomic E-state index is 0.212. The molecule has 8 heteroatoms. The number of rotatable bonds is 10. The zero-order valence-electron chi connectivity index (χ0n) is 16.4. The van der Waals surface area contributed by atoms with Crippen LogP contribution in [0.25, 0.3) is 0 Å². The number of esters is 1. The molecule has 0 aliphatic heterocycles. The van der Waals surface area contributed by atoms with Gasteiger partial charge in [-0.25, -0.2) is 4.79 Å². The summed E-state index contributed by atoms with van der Waals surface area (Å²) >= 11 is 11.8. The average molecular weight is 439 g/mol. The molecule has 0 aliphatic rings. The normalized spacial score (nSPS) is 10.7. The molecule has 0 unspecified atom stereocenters. The second kappa shape index (κ2) is 11.7. The highest BCUT2D eigenvalue weighted by Gasteiger charge is 2.10. The molecule has 0 fully saturated rings. The quantitative estimate of drug-likeness (QED) is 0.552. The molecule has 0 atom stereocenters. The molecule has 0 radical (unpaired) electrons. The van der Waals surface area contributed by atoms with Crippen molar-refractivity contribution in [3.8, 4) is 5.75 Å². The second-order valence-electron chi connectivity index (χ2n) is 6.15. The van der Waals surface area contributed by atoms with E-state index in [0.29, 0.717) is 40.2 Å². The molecule has 0 aliphatic carbocycles. The summed E-state index contributed by atoms with van der Waals surface area (Å²) < 4.78 is 10.7. The van der Waals surface area contributed by atoms with Gasteiger partial charge in [-0.1, -0.05) is 37.0 Å². The van der Waals surface area contributed by atoms with Gasteiger partial charge < -0.3 is 19.7 Å². The summed E-state index contributed by atoms with van der Waals surface area (Å²) in [6, 6.07) is 11.2. The van der Waals surface area contributed by atoms with Gasteiger partial charge in [0.25, 0.3) is 5.91 Å². The van der Waals surface area contributed by atoms with Gasteiger partial charge in [-0.05, 0) is 55.6 Å². The molecule has 0 spiro atoms. The van der Waals surface area contributed by atoms with Crippen LogP contribution in [0, 0.1) is 0 Å². The number of hydrogen-bond donors (Lipinski definition) is 1. The molecule has 1 N–H and O–H groups in total. The van der Waals surface area contributed by atoms with Crippen molar-refractivity contribution in [3.05, 3.63) is 58.1 Å². The zero-order chi connectivity index (χ0) is 21.2. The SMILES string of the molecule is CCN(CC)CCOC(=O)c1ccc(NC(=O)COc2ccc(Cl)cc2Cl)cc1. The smallest absolute Gasteiger partial charge is 0.338 e. The second-order valence-corrected chi connectivity index (χ2v) is 7.00. The summed E-state index contributed by atoms with van der Waals surface area (Å²) in [6.45, 7) is 6.78. The van der Waals surface area contributed by atoms with Gasteiger partial charge in [0.15, 0.2) is 6.61 Å². The van der Waals surface area contributed by atoms with E-state index in [1.54, 1.807) is 36.4 Å². The standard InChI is InChI=1S/C21H24Cl2N2O4/c1-3-25(4-2)11-12-28-21(27)15-5-8-17(9-6-15)24-20(26)14-29-19-10-7-16(22)13-18(19)23/h5-10,13H,3-4,11-12,14H2,1-2H3,(H,24,26). The monoisotopic (exact) mass is 438 g/mol. The number of carbonyl (C=O) groups is 2. The lowest BCUT2D eigenvalue weighted by molar-refractivity contribution is -0.118. The lowest BCUT2D eigenvalue weighted by Gasteiger charge is -2.17. The Bertz CT molecular complexity index is 824. The van der Waals surface area contributed by atoms with Crippen LogP contribution < -0.4 is 10.1 Å². The molecule has 6 nitrogen and oxygen atoms in total. The van der Waals surface area contributed by atoms with Crippen LogP contribution in [-0.4, -0.2) is 49.6 Å².